The number of benzene rings is 2. The Morgan fingerprint density at radius 3 is 2.30 bits per heavy atom. The van der Waals surface area contributed by atoms with E-state index < -0.39 is 0 Å². The van der Waals surface area contributed by atoms with Crippen LogP contribution in [-0.4, -0.2) is 25.0 Å². The SMILES string of the molecule is COc1cc(OC)c2c(-c3ccccc3)c(Br)[nH]c2c1C(C)=O. The van der Waals surface area contributed by atoms with Gasteiger partial charge in [-0.15, -0.1) is 0 Å². The van der Waals surface area contributed by atoms with Gasteiger partial charge in [-0.3, -0.25) is 4.79 Å². The number of fused-ring (bicyclic) bond motifs is 1. The van der Waals surface area contributed by atoms with E-state index in [1.165, 1.54) is 6.92 Å². The van der Waals surface area contributed by atoms with Crippen molar-refractivity contribution in [2.24, 2.45) is 0 Å². The molecule has 0 saturated carbocycles. The minimum absolute atomic E-state index is 0.0668. The Kier molecular flexibility index (Phi) is 4.13. The minimum atomic E-state index is -0.0668. The summed E-state index contributed by atoms with van der Waals surface area (Å²) < 4.78 is 11.7. The molecule has 0 amide bonds. The van der Waals surface area contributed by atoms with Crippen LogP contribution in [0.5, 0.6) is 11.5 Å². The van der Waals surface area contributed by atoms with Crippen molar-refractivity contribution in [2.45, 2.75) is 6.92 Å². The summed E-state index contributed by atoms with van der Waals surface area (Å²) in [5, 5.41) is 0.858. The molecule has 0 aliphatic heterocycles. The normalized spacial score (nSPS) is 10.8. The van der Waals surface area contributed by atoms with Gasteiger partial charge in [0.1, 0.15) is 11.5 Å². The lowest BCUT2D eigenvalue weighted by molar-refractivity contribution is 0.101. The first-order valence-electron chi connectivity index (χ1n) is 7.11. The van der Waals surface area contributed by atoms with Crippen LogP contribution in [0.25, 0.3) is 22.0 Å². The minimum Gasteiger partial charge on any atom is -0.496 e. The van der Waals surface area contributed by atoms with Crippen LogP contribution in [0.3, 0.4) is 0 Å². The number of hydrogen-bond acceptors (Lipinski definition) is 3. The van der Waals surface area contributed by atoms with Gasteiger partial charge < -0.3 is 14.5 Å². The first kappa shape index (κ1) is 15.6. The molecule has 0 atom stereocenters. The van der Waals surface area contributed by atoms with Gasteiger partial charge in [-0.1, -0.05) is 30.3 Å². The van der Waals surface area contributed by atoms with Crippen LogP contribution in [-0.2, 0) is 0 Å². The zero-order valence-corrected chi connectivity index (χ0v) is 14.7. The molecule has 0 aliphatic carbocycles. The molecule has 2 aromatic carbocycles. The molecule has 0 unspecified atom stereocenters. The van der Waals surface area contributed by atoms with Crippen molar-refractivity contribution in [3.63, 3.8) is 0 Å². The maximum Gasteiger partial charge on any atom is 0.165 e. The number of aromatic nitrogens is 1. The van der Waals surface area contributed by atoms with Gasteiger partial charge in [0, 0.05) is 11.6 Å². The van der Waals surface area contributed by atoms with Crippen molar-refractivity contribution in [1.29, 1.82) is 0 Å². The maximum atomic E-state index is 12.1. The highest BCUT2D eigenvalue weighted by Crippen LogP contribution is 2.44. The standard InChI is InChI=1S/C18H16BrNO3/c1-10(21)14-12(22-2)9-13(23-3)16-15(18(19)20-17(14)16)11-7-5-4-6-8-11/h4-9,20H,1-3H3. The number of ketones is 1. The smallest absolute Gasteiger partial charge is 0.165 e. The lowest BCUT2D eigenvalue weighted by atomic mass is 10.00. The monoisotopic (exact) mass is 373 g/mol. The summed E-state index contributed by atoms with van der Waals surface area (Å²) in [5.74, 6) is 1.08. The number of ether oxygens (including phenoxy) is 2. The molecular formula is C18H16BrNO3. The predicted molar refractivity (Wildman–Crippen MR) is 94.5 cm³/mol. The molecule has 1 heterocycles. The molecule has 4 nitrogen and oxygen atoms in total. The lowest BCUT2D eigenvalue weighted by Crippen LogP contribution is -2.00. The highest BCUT2D eigenvalue weighted by atomic mass is 79.9. The molecular weight excluding hydrogens is 358 g/mol. The summed E-state index contributed by atoms with van der Waals surface area (Å²) in [7, 11) is 3.15. The van der Waals surface area contributed by atoms with Crippen molar-refractivity contribution in [3.05, 3.63) is 46.6 Å². The van der Waals surface area contributed by atoms with Crippen LogP contribution in [0.4, 0.5) is 0 Å². The Morgan fingerprint density at radius 1 is 1.09 bits per heavy atom. The zero-order chi connectivity index (χ0) is 16.6. The van der Waals surface area contributed by atoms with Crippen LogP contribution in [0.15, 0.2) is 41.0 Å². The quantitative estimate of drug-likeness (QED) is 0.667. The highest BCUT2D eigenvalue weighted by molar-refractivity contribution is 9.10. The van der Waals surface area contributed by atoms with E-state index in [4.69, 9.17) is 9.47 Å². The van der Waals surface area contributed by atoms with Gasteiger partial charge >= 0.3 is 0 Å². The fourth-order valence-corrected chi connectivity index (χ4v) is 3.46. The van der Waals surface area contributed by atoms with Crippen LogP contribution >= 0.6 is 15.9 Å². The Balaban J connectivity index is 2.47. The fraction of sp³-hybridized carbons (Fsp3) is 0.167. The second-order valence-electron chi connectivity index (χ2n) is 5.14. The van der Waals surface area contributed by atoms with E-state index in [-0.39, 0.29) is 5.78 Å². The van der Waals surface area contributed by atoms with Crippen LogP contribution in [0.2, 0.25) is 0 Å². The maximum absolute atomic E-state index is 12.1. The van der Waals surface area contributed by atoms with Crippen molar-refractivity contribution >= 4 is 32.6 Å². The van der Waals surface area contributed by atoms with E-state index in [9.17, 15) is 4.79 Å². The molecule has 0 saturated heterocycles. The number of carbonyl (C=O) groups is 1. The summed E-state index contributed by atoms with van der Waals surface area (Å²) >= 11 is 3.58. The van der Waals surface area contributed by atoms with E-state index in [1.807, 2.05) is 30.3 Å². The summed E-state index contributed by atoms with van der Waals surface area (Å²) in [6, 6.07) is 11.7. The first-order valence-corrected chi connectivity index (χ1v) is 7.90. The van der Waals surface area contributed by atoms with Crippen molar-refractivity contribution in [1.82, 2.24) is 4.98 Å². The van der Waals surface area contributed by atoms with Gasteiger partial charge in [-0.05, 0) is 28.4 Å². The van der Waals surface area contributed by atoms with Crippen LogP contribution in [0.1, 0.15) is 17.3 Å². The lowest BCUT2D eigenvalue weighted by Gasteiger charge is -2.12. The third kappa shape index (κ3) is 2.51. The third-order valence-electron chi connectivity index (χ3n) is 3.81. The first-order chi connectivity index (χ1) is 11.1. The van der Waals surface area contributed by atoms with E-state index in [0.29, 0.717) is 22.6 Å². The number of carbonyl (C=O) groups excluding carboxylic acids is 1. The van der Waals surface area contributed by atoms with Crippen LogP contribution < -0.4 is 9.47 Å². The fourth-order valence-electron chi connectivity index (χ4n) is 2.84. The van der Waals surface area contributed by atoms with Crippen LogP contribution in [0, 0.1) is 0 Å². The summed E-state index contributed by atoms with van der Waals surface area (Å²) in [6.45, 7) is 1.53. The molecule has 0 radical (unpaired) electrons. The molecule has 1 aromatic heterocycles. The molecule has 0 fully saturated rings. The zero-order valence-electron chi connectivity index (χ0n) is 13.1. The Hall–Kier alpha value is -2.27. The number of hydrogen-bond donors (Lipinski definition) is 1. The molecule has 5 heteroatoms. The molecule has 23 heavy (non-hydrogen) atoms. The predicted octanol–water partition coefficient (Wildman–Crippen LogP) is 4.82. The number of halogens is 1. The van der Waals surface area contributed by atoms with Gasteiger partial charge in [0.05, 0.1) is 35.3 Å². The van der Waals surface area contributed by atoms with Crippen molar-refractivity contribution < 1.29 is 14.3 Å². The van der Waals surface area contributed by atoms with E-state index in [2.05, 4.69) is 20.9 Å². The third-order valence-corrected chi connectivity index (χ3v) is 4.41. The van der Waals surface area contributed by atoms with Gasteiger partial charge in [0.15, 0.2) is 5.78 Å². The number of rotatable bonds is 4. The second-order valence-corrected chi connectivity index (χ2v) is 5.94. The summed E-state index contributed by atoms with van der Waals surface area (Å²) in [4.78, 5) is 15.4. The van der Waals surface area contributed by atoms with Gasteiger partial charge in [0.2, 0.25) is 0 Å². The summed E-state index contributed by atoms with van der Waals surface area (Å²) in [6.07, 6.45) is 0. The van der Waals surface area contributed by atoms with E-state index in [0.717, 1.165) is 21.1 Å². The van der Waals surface area contributed by atoms with E-state index in [1.54, 1.807) is 20.3 Å². The molecule has 0 bridgehead atoms. The Morgan fingerprint density at radius 2 is 1.74 bits per heavy atom. The average molecular weight is 374 g/mol. The van der Waals surface area contributed by atoms with Crippen molar-refractivity contribution in [2.75, 3.05) is 14.2 Å². The topological polar surface area (TPSA) is 51.3 Å². The Labute approximate surface area is 142 Å². The number of H-pyrrole nitrogens is 1. The van der Waals surface area contributed by atoms with Crippen molar-refractivity contribution in [3.8, 4) is 22.6 Å². The number of methoxy groups -OCH3 is 2. The molecule has 0 aliphatic rings. The molecule has 3 rings (SSSR count). The highest BCUT2D eigenvalue weighted by Gasteiger charge is 2.23. The second kappa shape index (κ2) is 6.08. The molecule has 0 spiro atoms. The van der Waals surface area contributed by atoms with E-state index >= 15 is 0 Å². The number of aromatic amines is 1. The average Bonchev–Trinajstić information content (AvgIpc) is 2.90. The molecule has 118 valence electrons. The largest absolute Gasteiger partial charge is 0.496 e. The Bertz CT molecular complexity index is 884. The molecule has 3 aromatic rings. The van der Waals surface area contributed by atoms with Gasteiger partial charge in [-0.25, -0.2) is 0 Å². The van der Waals surface area contributed by atoms with Gasteiger partial charge in [-0.2, -0.15) is 0 Å². The molecule has 1 N–H and O–H groups in total. The van der Waals surface area contributed by atoms with Gasteiger partial charge in [0.25, 0.3) is 0 Å². The number of Topliss-reactive ketones (excluding diaryl/α,β-unsaturated/α-hetero) is 1. The number of nitrogens with one attached hydrogen (secondary N) is 1. The summed E-state index contributed by atoms with van der Waals surface area (Å²) in [5.41, 5.74) is 3.22.